The Hall–Kier alpha value is -1.55. The van der Waals surface area contributed by atoms with Gasteiger partial charge in [0.15, 0.2) is 0 Å². The predicted octanol–water partition coefficient (Wildman–Crippen LogP) is 2.95. The molecule has 1 aliphatic heterocycles. The molecule has 0 spiro atoms. The van der Waals surface area contributed by atoms with Gasteiger partial charge in [-0.1, -0.05) is 0 Å². The maximum Gasteiger partial charge on any atom is 0.227 e. The lowest BCUT2D eigenvalue weighted by Gasteiger charge is -2.32. The van der Waals surface area contributed by atoms with E-state index in [2.05, 4.69) is 60.1 Å². The van der Waals surface area contributed by atoms with E-state index < -0.39 is 0 Å². The molecule has 0 aliphatic carbocycles. The molecule has 0 bridgehead atoms. The molecule has 4 heterocycles. The highest BCUT2D eigenvalue weighted by Crippen LogP contribution is 2.33. The van der Waals surface area contributed by atoms with Gasteiger partial charge < -0.3 is 10.2 Å². The number of fused-ring (bicyclic) bond motifs is 1. The number of halogens is 1. The number of hydrogen-bond acceptors (Lipinski definition) is 7. The number of piperazine rings is 1. The second kappa shape index (κ2) is 7.59. The van der Waals surface area contributed by atoms with Gasteiger partial charge in [0, 0.05) is 43.8 Å². The number of aryl methyl sites for hydroxylation is 1. The Morgan fingerprint density at radius 2 is 2.00 bits per heavy atom. The lowest BCUT2D eigenvalue weighted by Crippen LogP contribution is -2.45. The topological polar surface area (TPSA) is 62.1 Å². The molecule has 0 saturated carbocycles. The van der Waals surface area contributed by atoms with Crippen LogP contribution in [-0.2, 0) is 6.54 Å². The van der Waals surface area contributed by atoms with Crippen molar-refractivity contribution in [3.05, 3.63) is 27.9 Å². The maximum atomic E-state index is 4.62. The Balaban J connectivity index is 1.38. The van der Waals surface area contributed by atoms with Crippen LogP contribution >= 0.6 is 27.3 Å². The maximum absolute atomic E-state index is 4.62. The van der Waals surface area contributed by atoms with E-state index in [1.165, 1.54) is 4.88 Å². The third kappa shape index (κ3) is 3.90. The normalized spacial score (nSPS) is 16.4. The average molecular weight is 436 g/mol. The fourth-order valence-electron chi connectivity index (χ4n) is 3.03. The summed E-state index contributed by atoms with van der Waals surface area (Å²) in [5.41, 5.74) is 1.86. The van der Waals surface area contributed by atoms with E-state index in [0.29, 0.717) is 5.95 Å². The van der Waals surface area contributed by atoms with Crippen LogP contribution in [0.3, 0.4) is 0 Å². The number of aromatic nitrogens is 4. The fraction of sp³-hybridized carbons (Fsp3) is 0.471. The molecular formula is C17H22BrN7S. The van der Waals surface area contributed by atoms with Gasteiger partial charge in [0.2, 0.25) is 5.95 Å². The Labute approximate surface area is 165 Å². The van der Waals surface area contributed by atoms with Crippen LogP contribution in [0, 0.1) is 6.92 Å². The van der Waals surface area contributed by atoms with Crippen LogP contribution in [0.1, 0.15) is 4.88 Å². The van der Waals surface area contributed by atoms with Crippen LogP contribution in [0.15, 0.2) is 23.1 Å². The first-order chi connectivity index (χ1) is 12.6. The van der Waals surface area contributed by atoms with Crippen molar-refractivity contribution < 1.29 is 0 Å². The highest BCUT2D eigenvalue weighted by Gasteiger charge is 2.14. The Kier molecular flexibility index (Phi) is 5.21. The zero-order chi connectivity index (χ0) is 18.1. The highest BCUT2D eigenvalue weighted by atomic mass is 79.9. The summed E-state index contributed by atoms with van der Waals surface area (Å²) < 4.78 is 4.11. The lowest BCUT2D eigenvalue weighted by molar-refractivity contribution is 0.149. The molecule has 0 aromatic carbocycles. The van der Waals surface area contributed by atoms with E-state index in [1.807, 2.05) is 23.3 Å². The van der Waals surface area contributed by atoms with Crippen LogP contribution in [0.2, 0.25) is 0 Å². The number of rotatable bonds is 5. The van der Waals surface area contributed by atoms with E-state index in [1.54, 1.807) is 11.3 Å². The molecule has 7 nitrogen and oxygen atoms in total. The van der Waals surface area contributed by atoms with Crippen LogP contribution in [0.5, 0.6) is 0 Å². The summed E-state index contributed by atoms with van der Waals surface area (Å²) in [6.45, 7) is 8.54. The number of hydrogen-bond donors (Lipinski definition) is 1. The predicted molar refractivity (Wildman–Crippen MR) is 109 cm³/mol. The molecule has 3 aromatic rings. The largest absolute Gasteiger partial charge is 0.321 e. The van der Waals surface area contributed by atoms with Crippen molar-refractivity contribution in [2.45, 2.75) is 13.5 Å². The molecule has 0 unspecified atom stereocenters. The van der Waals surface area contributed by atoms with E-state index in [-0.39, 0.29) is 0 Å². The van der Waals surface area contributed by atoms with Gasteiger partial charge in [-0.25, -0.2) is 9.97 Å². The minimum Gasteiger partial charge on any atom is -0.321 e. The van der Waals surface area contributed by atoms with Gasteiger partial charge in [0.25, 0.3) is 0 Å². The number of nitrogens with zero attached hydrogens (tertiary/aromatic N) is 6. The van der Waals surface area contributed by atoms with Gasteiger partial charge in [0.05, 0.1) is 33.8 Å². The summed E-state index contributed by atoms with van der Waals surface area (Å²) in [5.74, 6) is 0.592. The zero-order valence-electron chi connectivity index (χ0n) is 14.9. The second-order valence-electron chi connectivity index (χ2n) is 6.64. The third-order valence-corrected chi connectivity index (χ3v) is 6.93. The van der Waals surface area contributed by atoms with Crippen molar-refractivity contribution >= 4 is 49.1 Å². The summed E-state index contributed by atoms with van der Waals surface area (Å²) in [5, 5.41) is 7.70. The van der Waals surface area contributed by atoms with Gasteiger partial charge in [0.1, 0.15) is 5.52 Å². The summed E-state index contributed by atoms with van der Waals surface area (Å²) in [4.78, 5) is 15.1. The number of likely N-dealkylation sites (N-methyl/N-ethyl adjacent to an activating group) is 1. The highest BCUT2D eigenvalue weighted by molar-refractivity contribution is 9.10. The van der Waals surface area contributed by atoms with Crippen LogP contribution in [0.4, 0.5) is 11.6 Å². The minimum atomic E-state index is 0.592. The van der Waals surface area contributed by atoms with E-state index in [4.69, 9.17) is 0 Å². The molecular weight excluding hydrogens is 414 g/mol. The number of thiophene rings is 1. The molecule has 0 atom stereocenters. The van der Waals surface area contributed by atoms with Crippen molar-refractivity contribution in [1.82, 2.24) is 29.5 Å². The standard InChI is InChI=1S/C17H22BrN7S/c1-12-15(18)16-14(26-12)10-19-17(22-16)21-13-9-20-25(11-13)8-7-24-5-3-23(2)4-6-24/h9-11H,3-8H2,1-2H3,(H,19,21,22). The molecule has 0 amide bonds. The number of nitrogens with one attached hydrogen (secondary N) is 1. The molecule has 1 aliphatic rings. The van der Waals surface area contributed by atoms with Gasteiger partial charge in [-0.2, -0.15) is 5.10 Å². The van der Waals surface area contributed by atoms with Crippen LogP contribution in [0.25, 0.3) is 10.2 Å². The summed E-state index contributed by atoms with van der Waals surface area (Å²) in [6.07, 6.45) is 5.70. The van der Waals surface area contributed by atoms with E-state index in [9.17, 15) is 0 Å². The molecule has 1 N–H and O–H groups in total. The number of anilines is 2. The van der Waals surface area contributed by atoms with E-state index >= 15 is 0 Å². The second-order valence-corrected chi connectivity index (χ2v) is 8.69. The smallest absolute Gasteiger partial charge is 0.227 e. The van der Waals surface area contributed by atoms with Gasteiger partial charge >= 0.3 is 0 Å². The zero-order valence-corrected chi connectivity index (χ0v) is 17.3. The van der Waals surface area contributed by atoms with Gasteiger partial charge in [-0.3, -0.25) is 9.58 Å². The first-order valence-electron chi connectivity index (χ1n) is 8.70. The molecule has 0 radical (unpaired) electrons. The fourth-order valence-corrected chi connectivity index (χ4v) is 4.58. The summed E-state index contributed by atoms with van der Waals surface area (Å²) in [6, 6.07) is 0. The van der Waals surface area contributed by atoms with Crippen LogP contribution < -0.4 is 5.32 Å². The third-order valence-electron chi connectivity index (χ3n) is 4.67. The van der Waals surface area contributed by atoms with Crippen molar-refractivity contribution in [3.8, 4) is 0 Å². The first kappa shape index (κ1) is 17.8. The summed E-state index contributed by atoms with van der Waals surface area (Å²) in [7, 11) is 2.18. The van der Waals surface area contributed by atoms with Gasteiger partial charge in [-0.15, -0.1) is 11.3 Å². The SMILES string of the molecule is Cc1sc2cnc(Nc3cnn(CCN4CCN(C)CC4)c3)nc2c1Br. The Bertz CT molecular complexity index is 898. The molecule has 9 heteroatoms. The molecule has 4 rings (SSSR count). The molecule has 1 fully saturated rings. The Morgan fingerprint density at radius 3 is 2.81 bits per heavy atom. The van der Waals surface area contributed by atoms with Crippen LogP contribution in [-0.4, -0.2) is 69.3 Å². The molecule has 3 aromatic heterocycles. The average Bonchev–Trinajstić information content (AvgIpc) is 3.20. The monoisotopic (exact) mass is 435 g/mol. The Morgan fingerprint density at radius 1 is 1.19 bits per heavy atom. The van der Waals surface area contributed by atoms with Gasteiger partial charge in [-0.05, 0) is 29.9 Å². The summed E-state index contributed by atoms with van der Waals surface area (Å²) >= 11 is 5.30. The molecule has 1 saturated heterocycles. The van der Waals surface area contributed by atoms with Crippen molar-refractivity contribution in [1.29, 1.82) is 0 Å². The van der Waals surface area contributed by atoms with E-state index in [0.717, 1.165) is 59.6 Å². The van der Waals surface area contributed by atoms with Crippen molar-refractivity contribution in [2.24, 2.45) is 0 Å². The van der Waals surface area contributed by atoms with Crippen molar-refractivity contribution in [2.75, 3.05) is 45.1 Å². The molecule has 26 heavy (non-hydrogen) atoms. The van der Waals surface area contributed by atoms with Crippen molar-refractivity contribution in [3.63, 3.8) is 0 Å². The minimum absolute atomic E-state index is 0.592. The lowest BCUT2D eigenvalue weighted by atomic mass is 10.3. The molecule has 138 valence electrons. The first-order valence-corrected chi connectivity index (χ1v) is 10.3. The quantitative estimate of drug-likeness (QED) is 0.664.